The molecule has 0 spiro atoms. The molecule has 1 aromatic heterocycles. The minimum absolute atomic E-state index is 0.119. The van der Waals surface area contributed by atoms with Gasteiger partial charge in [-0.05, 0) is 6.42 Å². The SMILES string of the molecule is CCc1nc(CC(F)(F)F)nc2c1CNC2. The van der Waals surface area contributed by atoms with Gasteiger partial charge < -0.3 is 5.32 Å². The van der Waals surface area contributed by atoms with Gasteiger partial charge in [0, 0.05) is 24.3 Å². The molecular weight excluding hydrogens is 219 g/mol. The van der Waals surface area contributed by atoms with E-state index in [2.05, 4.69) is 15.3 Å². The summed E-state index contributed by atoms with van der Waals surface area (Å²) >= 11 is 0. The van der Waals surface area contributed by atoms with E-state index in [1.807, 2.05) is 6.92 Å². The second-order valence-corrected chi connectivity index (χ2v) is 3.76. The van der Waals surface area contributed by atoms with E-state index in [0.29, 0.717) is 25.2 Å². The lowest BCUT2D eigenvalue weighted by Crippen LogP contribution is -2.16. The average Bonchev–Trinajstić information content (AvgIpc) is 2.61. The number of hydrogen-bond acceptors (Lipinski definition) is 3. The van der Waals surface area contributed by atoms with Gasteiger partial charge in [0.2, 0.25) is 0 Å². The smallest absolute Gasteiger partial charge is 0.307 e. The Hall–Kier alpha value is -1.17. The van der Waals surface area contributed by atoms with E-state index >= 15 is 0 Å². The first kappa shape index (κ1) is 11.3. The van der Waals surface area contributed by atoms with Crippen LogP contribution >= 0.6 is 0 Å². The van der Waals surface area contributed by atoms with Crippen molar-refractivity contribution in [2.24, 2.45) is 0 Å². The molecule has 0 bridgehead atoms. The topological polar surface area (TPSA) is 37.8 Å². The summed E-state index contributed by atoms with van der Waals surface area (Å²) in [7, 11) is 0. The summed E-state index contributed by atoms with van der Waals surface area (Å²) in [6.07, 6.45) is -4.66. The van der Waals surface area contributed by atoms with Crippen molar-refractivity contribution in [1.82, 2.24) is 15.3 Å². The number of fused-ring (bicyclic) bond motifs is 1. The van der Waals surface area contributed by atoms with Crippen molar-refractivity contribution >= 4 is 0 Å². The van der Waals surface area contributed by atoms with Crippen LogP contribution < -0.4 is 5.32 Å². The van der Waals surface area contributed by atoms with Crippen molar-refractivity contribution in [1.29, 1.82) is 0 Å². The van der Waals surface area contributed by atoms with Crippen molar-refractivity contribution in [3.8, 4) is 0 Å². The summed E-state index contributed by atoms with van der Waals surface area (Å²) in [5, 5.41) is 3.07. The van der Waals surface area contributed by atoms with Gasteiger partial charge in [-0.1, -0.05) is 6.92 Å². The van der Waals surface area contributed by atoms with E-state index < -0.39 is 12.6 Å². The standard InChI is InChI=1S/C10H12F3N3/c1-2-7-6-4-14-5-8(6)16-9(15-7)3-10(11,12)13/h14H,2-5H2,1H3. The highest BCUT2D eigenvalue weighted by Gasteiger charge is 2.30. The van der Waals surface area contributed by atoms with Gasteiger partial charge in [0.25, 0.3) is 0 Å². The molecule has 0 atom stereocenters. The molecule has 0 saturated carbocycles. The molecule has 1 aromatic rings. The van der Waals surface area contributed by atoms with Crippen LogP contribution in [0.25, 0.3) is 0 Å². The molecule has 2 rings (SSSR count). The molecule has 0 unspecified atom stereocenters. The number of rotatable bonds is 2. The highest BCUT2D eigenvalue weighted by molar-refractivity contribution is 5.29. The van der Waals surface area contributed by atoms with Crippen LogP contribution in [0.5, 0.6) is 0 Å². The lowest BCUT2D eigenvalue weighted by molar-refractivity contribution is -0.128. The lowest BCUT2D eigenvalue weighted by Gasteiger charge is -2.09. The number of alkyl halides is 3. The molecule has 0 fully saturated rings. The van der Waals surface area contributed by atoms with Crippen LogP contribution in [-0.4, -0.2) is 16.1 Å². The monoisotopic (exact) mass is 231 g/mol. The first-order valence-corrected chi connectivity index (χ1v) is 5.14. The molecule has 0 aromatic carbocycles. The number of nitrogens with one attached hydrogen (secondary N) is 1. The number of nitrogens with zero attached hydrogens (tertiary/aromatic N) is 2. The zero-order chi connectivity index (χ0) is 11.8. The minimum Gasteiger partial charge on any atom is -0.307 e. The summed E-state index contributed by atoms with van der Waals surface area (Å²) in [5.41, 5.74) is 2.41. The molecule has 3 nitrogen and oxygen atoms in total. The Morgan fingerprint density at radius 3 is 2.62 bits per heavy atom. The Balaban J connectivity index is 2.35. The van der Waals surface area contributed by atoms with Gasteiger partial charge in [-0.2, -0.15) is 13.2 Å². The van der Waals surface area contributed by atoms with Gasteiger partial charge in [0.05, 0.1) is 5.69 Å². The van der Waals surface area contributed by atoms with Gasteiger partial charge in [-0.25, -0.2) is 9.97 Å². The maximum atomic E-state index is 12.2. The van der Waals surface area contributed by atoms with E-state index in [-0.39, 0.29) is 5.82 Å². The fourth-order valence-electron chi connectivity index (χ4n) is 1.85. The maximum absolute atomic E-state index is 12.2. The molecule has 0 aliphatic carbocycles. The van der Waals surface area contributed by atoms with Gasteiger partial charge in [-0.3, -0.25) is 0 Å². The largest absolute Gasteiger partial charge is 0.396 e. The van der Waals surface area contributed by atoms with Gasteiger partial charge in [0.1, 0.15) is 12.2 Å². The first-order chi connectivity index (χ1) is 7.49. The molecule has 0 saturated heterocycles. The first-order valence-electron chi connectivity index (χ1n) is 5.14. The van der Waals surface area contributed by atoms with Gasteiger partial charge in [0.15, 0.2) is 0 Å². The van der Waals surface area contributed by atoms with E-state index in [4.69, 9.17) is 0 Å². The van der Waals surface area contributed by atoms with Crippen LogP contribution in [0.3, 0.4) is 0 Å². The predicted molar refractivity (Wildman–Crippen MR) is 51.7 cm³/mol. The Bertz CT molecular complexity index is 401. The van der Waals surface area contributed by atoms with E-state index in [0.717, 1.165) is 11.3 Å². The Labute approximate surface area is 91.1 Å². The minimum atomic E-state index is -4.24. The predicted octanol–water partition coefficient (Wildman–Crippen LogP) is 1.75. The average molecular weight is 231 g/mol. The number of halogens is 3. The van der Waals surface area contributed by atoms with Crippen molar-refractivity contribution in [3.63, 3.8) is 0 Å². The number of aromatic nitrogens is 2. The van der Waals surface area contributed by atoms with E-state index in [9.17, 15) is 13.2 Å². The summed E-state index contributed by atoms with van der Waals surface area (Å²) in [4.78, 5) is 7.93. The Kier molecular flexibility index (Phi) is 2.84. The molecular formula is C10H12F3N3. The molecule has 1 aliphatic heterocycles. The van der Waals surface area contributed by atoms with Crippen molar-refractivity contribution in [2.75, 3.05) is 0 Å². The van der Waals surface area contributed by atoms with E-state index in [1.165, 1.54) is 0 Å². The normalized spacial score (nSPS) is 15.2. The second kappa shape index (κ2) is 4.01. The van der Waals surface area contributed by atoms with Crippen LogP contribution in [0, 0.1) is 0 Å². The Morgan fingerprint density at radius 2 is 2.00 bits per heavy atom. The molecule has 16 heavy (non-hydrogen) atoms. The fourth-order valence-corrected chi connectivity index (χ4v) is 1.85. The third-order valence-corrected chi connectivity index (χ3v) is 2.51. The quantitative estimate of drug-likeness (QED) is 0.842. The number of hydrogen-bond donors (Lipinski definition) is 1. The molecule has 6 heteroatoms. The number of aryl methyl sites for hydroxylation is 1. The van der Waals surface area contributed by atoms with Gasteiger partial charge >= 0.3 is 6.18 Å². The van der Waals surface area contributed by atoms with E-state index in [1.54, 1.807) is 0 Å². The summed E-state index contributed by atoms with van der Waals surface area (Å²) in [6.45, 7) is 3.08. The maximum Gasteiger partial charge on any atom is 0.396 e. The molecule has 1 N–H and O–H groups in total. The van der Waals surface area contributed by atoms with Crippen LogP contribution in [0.1, 0.15) is 29.7 Å². The molecule has 88 valence electrons. The molecule has 1 aliphatic rings. The highest BCUT2D eigenvalue weighted by Crippen LogP contribution is 2.22. The van der Waals surface area contributed by atoms with Crippen molar-refractivity contribution in [3.05, 3.63) is 22.8 Å². The fraction of sp³-hybridized carbons (Fsp3) is 0.600. The van der Waals surface area contributed by atoms with Crippen LogP contribution in [0.4, 0.5) is 13.2 Å². The van der Waals surface area contributed by atoms with Crippen molar-refractivity contribution < 1.29 is 13.2 Å². The second-order valence-electron chi connectivity index (χ2n) is 3.76. The van der Waals surface area contributed by atoms with Crippen LogP contribution in [-0.2, 0) is 25.9 Å². The summed E-state index contributed by atoms with van der Waals surface area (Å²) in [6, 6.07) is 0. The summed E-state index contributed by atoms with van der Waals surface area (Å²) in [5.74, 6) is -0.119. The summed E-state index contributed by atoms with van der Waals surface area (Å²) < 4.78 is 36.7. The molecule has 0 radical (unpaired) electrons. The third kappa shape index (κ3) is 2.32. The zero-order valence-corrected chi connectivity index (χ0v) is 8.86. The zero-order valence-electron chi connectivity index (χ0n) is 8.86. The van der Waals surface area contributed by atoms with Crippen LogP contribution in [0.15, 0.2) is 0 Å². The Morgan fingerprint density at radius 1 is 1.25 bits per heavy atom. The van der Waals surface area contributed by atoms with Gasteiger partial charge in [-0.15, -0.1) is 0 Å². The lowest BCUT2D eigenvalue weighted by atomic mass is 10.1. The molecule has 2 heterocycles. The van der Waals surface area contributed by atoms with Crippen molar-refractivity contribution in [2.45, 2.75) is 39.0 Å². The third-order valence-electron chi connectivity index (χ3n) is 2.51. The highest BCUT2D eigenvalue weighted by atomic mass is 19.4. The molecule has 0 amide bonds. The van der Waals surface area contributed by atoms with Crippen LogP contribution in [0.2, 0.25) is 0 Å².